The van der Waals surface area contributed by atoms with Crippen LogP contribution in [0.25, 0.3) is 0 Å². The van der Waals surface area contributed by atoms with Crippen molar-refractivity contribution in [3.8, 4) is 0 Å². The van der Waals surface area contributed by atoms with Gasteiger partial charge in [-0.25, -0.2) is 13.4 Å². The van der Waals surface area contributed by atoms with Crippen molar-refractivity contribution < 1.29 is 8.42 Å². The van der Waals surface area contributed by atoms with E-state index >= 15 is 0 Å². The van der Waals surface area contributed by atoms with E-state index in [4.69, 9.17) is 11.6 Å². The van der Waals surface area contributed by atoms with E-state index in [1.165, 1.54) is 6.07 Å². The maximum atomic E-state index is 12.9. The van der Waals surface area contributed by atoms with Crippen LogP contribution in [0, 0.1) is 13.8 Å². The van der Waals surface area contributed by atoms with Gasteiger partial charge in [0.1, 0.15) is 0 Å². The summed E-state index contributed by atoms with van der Waals surface area (Å²) < 4.78 is 25.8. The van der Waals surface area contributed by atoms with E-state index in [0.717, 1.165) is 17.8 Å². The molecule has 0 aliphatic carbocycles. The predicted octanol–water partition coefficient (Wildman–Crippen LogP) is 4.40. The lowest BCUT2D eigenvalue weighted by Gasteiger charge is -2.13. The van der Waals surface area contributed by atoms with E-state index in [1.54, 1.807) is 43.6 Å². The molecule has 0 heterocycles. The summed E-state index contributed by atoms with van der Waals surface area (Å²) in [7, 11) is -1.74. The van der Waals surface area contributed by atoms with Gasteiger partial charge in [-0.3, -0.25) is 0 Å². The minimum atomic E-state index is -3.67. The maximum Gasteiger partial charge on any atom is 0.208 e. The number of hydrogen-bond acceptors (Lipinski definition) is 3. The zero-order valence-electron chi connectivity index (χ0n) is 14.2. The van der Waals surface area contributed by atoms with Gasteiger partial charge in [0.25, 0.3) is 0 Å². The zero-order valence-corrected chi connectivity index (χ0v) is 15.8. The largest absolute Gasteiger partial charge is 0.366 e. The molecule has 0 radical (unpaired) electrons. The Bertz CT molecular complexity index is 877. The fourth-order valence-electron chi connectivity index (χ4n) is 2.23. The van der Waals surface area contributed by atoms with Crippen LogP contribution < -0.4 is 0 Å². The summed E-state index contributed by atoms with van der Waals surface area (Å²) in [5.41, 5.74) is 2.20. The lowest BCUT2D eigenvalue weighted by atomic mass is 10.1. The quantitative estimate of drug-likeness (QED) is 0.583. The van der Waals surface area contributed by atoms with Gasteiger partial charge >= 0.3 is 0 Å². The van der Waals surface area contributed by atoms with Crippen molar-refractivity contribution in [2.45, 2.75) is 30.6 Å². The molecule has 2 aromatic carbocycles. The smallest absolute Gasteiger partial charge is 0.208 e. The molecule has 128 valence electrons. The van der Waals surface area contributed by atoms with Crippen molar-refractivity contribution >= 4 is 33.5 Å². The topological polar surface area (TPSA) is 49.7 Å². The lowest BCUT2D eigenvalue weighted by Crippen LogP contribution is -2.14. The summed E-state index contributed by atoms with van der Waals surface area (Å²) >= 11 is 6.07. The highest BCUT2D eigenvalue weighted by Gasteiger charge is 2.23. The van der Waals surface area contributed by atoms with Crippen LogP contribution >= 0.6 is 11.6 Å². The number of aryl methyl sites for hydroxylation is 2. The summed E-state index contributed by atoms with van der Waals surface area (Å²) in [6, 6.07) is 9.93. The van der Waals surface area contributed by atoms with E-state index in [-0.39, 0.29) is 14.8 Å². The average Bonchev–Trinajstić information content (AvgIpc) is 2.54. The zero-order chi connectivity index (χ0) is 17.9. The third kappa shape index (κ3) is 3.79. The first kappa shape index (κ1) is 18.5. The fourth-order valence-corrected chi connectivity index (χ4v) is 4.30. The molecule has 0 fully saturated rings. The van der Waals surface area contributed by atoms with E-state index in [9.17, 15) is 8.42 Å². The number of sulfone groups is 1. The van der Waals surface area contributed by atoms with Crippen molar-refractivity contribution in [1.82, 2.24) is 4.90 Å². The molecule has 0 saturated carbocycles. The molecule has 4 nitrogen and oxygen atoms in total. The Morgan fingerprint density at radius 1 is 1.12 bits per heavy atom. The highest BCUT2D eigenvalue weighted by atomic mass is 35.5. The third-order valence-electron chi connectivity index (χ3n) is 3.80. The molecule has 0 saturated heterocycles. The van der Waals surface area contributed by atoms with Crippen LogP contribution in [0.1, 0.15) is 18.1 Å². The Hall–Kier alpha value is -1.85. The Morgan fingerprint density at radius 3 is 2.42 bits per heavy atom. The van der Waals surface area contributed by atoms with Gasteiger partial charge in [0.05, 0.1) is 26.8 Å². The van der Waals surface area contributed by atoms with Crippen LogP contribution in [0.15, 0.2) is 51.2 Å². The van der Waals surface area contributed by atoms with Gasteiger partial charge in [0.2, 0.25) is 9.84 Å². The maximum absolute atomic E-state index is 12.9. The summed E-state index contributed by atoms with van der Waals surface area (Å²) in [6.45, 7) is 6.50. The molecular weight excluding hydrogens is 344 g/mol. The van der Waals surface area contributed by atoms with Crippen LogP contribution in [0.2, 0.25) is 5.02 Å². The van der Waals surface area contributed by atoms with Crippen LogP contribution in [0.4, 0.5) is 5.69 Å². The van der Waals surface area contributed by atoms with E-state index in [0.29, 0.717) is 5.56 Å². The number of hydrogen-bond donors (Lipinski definition) is 0. The molecule has 2 rings (SSSR count). The van der Waals surface area contributed by atoms with E-state index < -0.39 is 9.84 Å². The van der Waals surface area contributed by atoms with Crippen molar-refractivity contribution in [3.63, 3.8) is 0 Å². The minimum Gasteiger partial charge on any atom is -0.366 e. The van der Waals surface area contributed by atoms with Gasteiger partial charge in [-0.05, 0) is 56.2 Å². The Kier molecular flexibility index (Phi) is 5.67. The SMILES string of the molecule is CCN(C)C=Nc1cc(C)c(S(=O)(=O)c2ccccc2Cl)cc1C. The van der Waals surface area contributed by atoms with Gasteiger partial charge in [0.15, 0.2) is 0 Å². The molecule has 0 unspecified atom stereocenters. The molecule has 0 aromatic heterocycles. The van der Waals surface area contributed by atoms with Crippen molar-refractivity contribution in [2.24, 2.45) is 4.99 Å². The fraction of sp³-hybridized carbons (Fsp3) is 0.278. The van der Waals surface area contributed by atoms with E-state index in [1.807, 2.05) is 25.8 Å². The van der Waals surface area contributed by atoms with Crippen molar-refractivity contribution in [3.05, 3.63) is 52.5 Å². The molecule has 0 bridgehead atoms. The number of nitrogens with zero attached hydrogens (tertiary/aromatic N) is 2. The lowest BCUT2D eigenvalue weighted by molar-refractivity contribution is 0.552. The highest BCUT2D eigenvalue weighted by molar-refractivity contribution is 7.91. The molecule has 0 N–H and O–H groups in total. The van der Waals surface area contributed by atoms with Crippen LogP contribution in [-0.4, -0.2) is 33.2 Å². The monoisotopic (exact) mass is 364 g/mol. The number of aliphatic imine (C=N–C) groups is 1. The standard InChI is InChI=1S/C18H21ClN2O2S/c1-5-21(4)12-20-16-10-14(3)18(11-13(16)2)24(22,23)17-9-7-6-8-15(17)19/h6-12H,5H2,1-4H3. The second-order valence-electron chi connectivity index (χ2n) is 5.66. The van der Waals surface area contributed by atoms with Gasteiger partial charge < -0.3 is 4.90 Å². The average molecular weight is 365 g/mol. The van der Waals surface area contributed by atoms with Crippen molar-refractivity contribution in [2.75, 3.05) is 13.6 Å². The highest BCUT2D eigenvalue weighted by Crippen LogP contribution is 2.32. The summed E-state index contributed by atoms with van der Waals surface area (Å²) in [4.78, 5) is 6.76. The molecule has 2 aromatic rings. The van der Waals surface area contributed by atoms with E-state index in [2.05, 4.69) is 4.99 Å². The minimum absolute atomic E-state index is 0.121. The molecule has 0 aliphatic heterocycles. The Labute approximate surface area is 148 Å². The molecule has 0 amide bonds. The van der Waals surface area contributed by atoms with Gasteiger partial charge in [-0.15, -0.1) is 0 Å². The van der Waals surface area contributed by atoms with Gasteiger partial charge in [-0.2, -0.15) is 0 Å². The molecule has 0 aliphatic rings. The second kappa shape index (κ2) is 7.36. The molecule has 6 heteroatoms. The summed E-state index contributed by atoms with van der Waals surface area (Å²) in [5.74, 6) is 0. The molecule has 24 heavy (non-hydrogen) atoms. The summed E-state index contributed by atoms with van der Waals surface area (Å²) in [6.07, 6.45) is 1.74. The first-order valence-electron chi connectivity index (χ1n) is 7.62. The van der Waals surface area contributed by atoms with Crippen LogP contribution in [0.5, 0.6) is 0 Å². The van der Waals surface area contributed by atoms with Gasteiger partial charge in [0, 0.05) is 13.6 Å². The van der Waals surface area contributed by atoms with Gasteiger partial charge in [-0.1, -0.05) is 23.7 Å². The molecule has 0 atom stereocenters. The molecule has 0 spiro atoms. The number of rotatable bonds is 5. The van der Waals surface area contributed by atoms with Crippen molar-refractivity contribution in [1.29, 1.82) is 0 Å². The van der Waals surface area contributed by atoms with Crippen LogP contribution in [0.3, 0.4) is 0 Å². The Balaban J connectivity index is 2.52. The predicted molar refractivity (Wildman–Crippen MR) is 99.3 cm³/mol. The third-order valence-corrected chi connectivity index (χ3v) is 6.20. The Morgan fingerprint density at radius 2 is 1.79 bits per heavy atom. The first-order valence-corrected chi connectivity index (χ1v) is 9.48. The summed E-state index contributed by atoms with van der Waals surface area (Å²) in [5, 5.41) is 0.223. The number of benzene rings is 2. The normalized spacial score (nSPS) is 11.9. The second-order valence-corrected chi connectivity index (χ2v) is 7.95. The molecular formula is C18H21ClN2O2S. The number of halogens is 1. The first-order chi connectivity index (χ1) is 11.3. The van der Waals surface area contributed by atoms with Crippen LogP contribution in [-0.2, 0) is 9.84 Å².